The number of aromatic nitrogens is 2. The molecule has 4 nitrogen and oxygen atoms in total. The molecule has 0 fully saturated rings. The Morgan fingerprint density at radius 1 is 1.06 bits per heavy atom. The maximum absolute atomic E-state index is 12.7. The Balaban J connectivity index is 1.60. The molecular formula is C23H18BrF3N4. The molecule has 0 bridgehead atoms. The van der Waals surface area contributed by atoms with Crippen LogP contribution in [0, 0.1) is 6.92 Å². The Morgan fingerprint density at radius 2 is 1.81 bits per heavy atom. The molecular weight excluding hydrogens is 469 g/mol. The van der Waals surface area contributed by atoms with Gasteiger partial charge in [-0.1, -0.05) is 46.3 Å². The van der Waals surface area contributed by atoms with E-state index in [0.29, 0.717) is 6.54 Å². The van der Waals surface area contributed by atoms with Crippen molar-refractivity contribution in [2.75, 3.05) is 5.43 Å². The van der Waals surface area contributed by atoms with Gasteiger partial charge in [0.2, 0.25) is 0 Å². The van der Waals surface area contributed by atoms with Crippen molar-refractivity contribution in [3.8, 4) is 0 Å². The number of anilines is 1. The number of hydrogen-bond donors (Lipinski definition) is 1. The fourth-order valence-corrected chi connectivity index (χ4v) is 3.65. The molecule has 0 aliphatic rings. The van der Waals surface area contributed by atoms with E-state index < -0.39 is 11.7 Å². The highest BCUT2D eigenvalue weighted by molar-refractivity contribution is 9.10. The third kappa shape index (κ3) is 4.64. The Kier molecular flexibility index (Phi) is 5.82. The SMILES string of the molecule is Cc1c(/C=N\Nc2ccc(C(F)(F)F)cn2)c2ccccc2n1Cc1ccc(Br)cc1. The zero-order valence-corrected chi connectivity index (χ0v) is 18.1. The quantitative estimate of drug-likeness (QED) is 0.254. The van der Waals surface area contributed by atoms with E-state index in [-0.39, 0.29) is 5.82 Å². The Bertz CT molecular complexity index is 1230. The van der Waals surface area contributed by atoms with Crippen molar-refractivity contribution < 1.29 is 13.2 Å². The van der Waals surface area contributed by atoms with Crippen LogP contribution >= 0.6 is 15.9 Å². The highest BCUT2D eigenvalue weighted by atomic mass is 79.9. The van der Waals surface area contributed by atoms with Gasteiger partial charge in [-0.3, -0.25) is 5.43 Å². The number of para-hydroxylation sites is 1. The highest BCUT2D eigenvalue weighted by Gasteiger charge is 2.30. The Morgan fingerprint density at radius 3 is 2.48 bits per heavy atom. The number of hydrogen-bond acceptors (Lipinski definition) is 3. The molecule has 0 saturated carbocycles. The zero-order chi connectivity index (χ0) is 22.0. The number of pyridine rings is 1. The molecule has 0 spiro atoms. The topological polar surface area (TPSA) is 42.2 Å². The summed E-state index contributed by atoms with van der Waals surface area (Å²) in [5.41, 5.74) is 6.13. The molecule has 31 heavy (non-hydrogen) atoms. The minimum absolute atomic E-state index is 0.237. The molecule has 0 radical (unpaired) electrons. The van der Waals surface area contributed by atoms with Crippen LogP contribution in [0.2, 0.25) is 0 Å². The Hall–Kier alpha value is -3.13. The predicted molar refractivity (Wildman–Crippen MR) is 120 cm³/mol. The normalized spacial score (nSPS) is 12.0. The number of halogens is 4. The van der Waals surface area contributed by atoms with E-state index in [2.05, 4.69) is 54.2 Å². The molecule has 4 aromatic rings. The van der Waals surface area contributed by atoms with Gasteiger partial charge in [-0.25, -0.2) is 4.98 Å². The average Bonchev–Trinajstić information content (AvgIpc) is 3.01. The van der Waals surface area contributed by atoms with Crippen molar-refractivity contribution in [2.24, 2.45) is 5.10 Å². The molecule has 8 heteroatoms. The summed E-state index contributed by atoms with van der Waals surface area (Å²) >= 11 is 3.46. The second kappa shape index (κ2) is 8.55. The van der Waals surface area contributed by atoms with Gasteiger partial charge in [0.05, 0.1) is 11.8 Å². The van der Waals surface area contributed by atoms with Crippen molar-refractivity contribution in [3.05, 3.63) is 93.7 Å². The van der Waals surface area contributed by atoms with Crippen LogP contribution in [0.4, 0.5) is 19.0 Å². The lowest BCUT2D eigenvalue weighted by Gasteiger charge is -2.09. The van der Waals surface area contributed by atoms with Crippen LogP contribution in [0.3, 0.4) is 0 Å². The van der Waals surface area contributed by atoms with Crippen molar-refractivity contribution in [3.63, 3.8) is 0 Å². The maximum Gasteiger partial charge on any atom is 0.417 e. The second-order valence-electron chi connectivity index (χ2n) is 7.03. The maximum atomic E-state index is 12.7. The first-order valence-electron chi connectivity index (χ1n) is 9.47. The molecule has 4 rings (SSSR count). The van der Waals surface area contributed by atoms with Crippen LogP contribution in [0.15, 0.2) is 76.4 Å². The summed E-state index contributed by atoms with van der Waals surface area (Å²) < 4.78 is 41.3. The van der Waals surface area contributed by atoms with E-state index in [9.17, 15) is 13.2 Å². The van der Waals surface area contributed by atoms with E-state index in [1.165, 1.54) is 11.6 Å². The minimum Gasteiger partial charge on any atom is -0.340 e. The van der Waals surface area contributed by atoms with E-state index in [1.54, 1.807) is 6.21 Å². The average molecular weight is 487 g/mol. The van der Waals surface area contributed by atoms with Crippen molar-refractivity contribution >= 4 is 38.9 Å². The molecule has 1 N–H and O–H groups in total. The molecule has 158 valence electrons. The fourth-order valence-electron chi connectivity index (χ4n) is 3.39. The van der Waals surface area contributed by atoms with Crippen molar-refractivity contribution in [2.45, 2.75) is 19.6 Å². The van der Waals surface area contributed by atoms with E-state index in [0.717, 1.165) is 38.9 Å². The summed E-state index contributed by atoms with van der Waals surface area (Å²) in [7, 11) is 0. The number of nitrogens with one attached hydrogen (secondary N) is 1. The molecule has 0 saturated heterocycles. The van der Waals surface area contributed by atoms with Crippen LogP contribution in [0.25, 0.3) is 10.9 Å². The summed E-state index contributed by atoms with van der Waals surface area (Å²) in [4.78, 5) is 3.78. The molecule has 0 unspecified atom stereocenters. The lowest BCUT2D eigenvalue weighted by atomic mass is 10.1. The summed E-state index contributed by atoms with van der Waals surface area (Å²) in [5, 5.41) is 5.25. The standard InChI is InChI=1S/C23H18BrF3N4/c1-15-20(13-29-30-22-11-8-17(12-28-22)23(25,26)27)19-4-2-3-5-21(19)31(15)14-16-6-9-18(24)10-7-16/h2-13H,14H2,1H3,(H,28,30)/b29-13-. The van der Waals surface area contributed by atoms with Crippen LogP contribution < -0.4 is 5.43 Å². The van der Waals surface area contributed by atoms with Crippen molar-refractivity contribution in [1.82, 2.24) is 9.55 Å². The molecule has 2 aromatic heterocycles. The summed E-state index contributed by atoms with van der Waals surface area (Å²) in [5.74, 6) is 0.237. The Labute approximate surface area is 185 Å². The number of hydrazone groups is 1. The van der Waals surface area contributed by atoms with Gasteiger partial charge in [0.1, 0.15) is 5.82 Å². The zero-order valence-electron chi connectivity index (χ0n) is 16.5. The fraction of sp³-hybridized carbons (Fsp3) is 0.130. The number of fused-ring (bicyclic) bond motifs is 1. The van der Waals surface area contributed by atoms with Crippen LogP contribution in [0.5, 0.6) is 0 Å². The van der Waals surface area contributed by atoms with Gasteiger partial charge in [0.15, 0.2) is 0 Å². The third-order valence-corrected chi connectivity index (χ3v) is 5.53. The largest absolute Gasteiger partial charge is 0.417 e. The molecule has 0 aliphatic carbocycles. The minimum atomic E-state index is -4.41. The van der Waals surface area contributed by atoms with Gasteiger partial charge in [0.25, 0.3) is 0 Å². The van der Waals surface area contributed by atoms with Gasteiger partial charge < -0.3 is 4.57 Å². The summed E-state index contributed by atoms with van der Waals surface area (Å²) in [6, 6.07) is 18.4. The van der Waals surface area contributed by atoms with Gasteiger partial charge >= 0.3 is 6.18 Å². The first-order chi connectivity index (χ1) is 14.8. The number of benzene rings is 2. The van der Waals surface area contributed by atoms with E-state index >= 15 is 0 Å². The van der Waals surface area contributed by atoms with Gasteiger partial charge in [0, 0.05) is 39.4 Å². The summed E-state index contributed by atoms with van der Waals surface area (Å²) in [6.45, 7) is 2.73. The first-order valence-corrected chi connectivity index (χ1v) is 10.3. The first kappa shape index (κ1) is 21.1. The molecule has 2 aromatic carbocycles. The predicted octanol–water partition coefficient (Wildman–Crippen LogP) is 6.62. The lowest BCUT2D eigenvalue weighted by Crippen LogP contribution is -2.05. The second-order valence-corrected chi connectivity index (χ2v) is 7.94. The number of rotatable bonds is 5. The smallest absolute Gasteiger partial charge is 0.340 e. The monoisotopic (exact) mass is 486 g/mol. The van der Waals surface area contributed by atoms with Gasteiger partial charge in [-0.2, -0.15) is 18.3 Å². The molecule has 0 aliphatic heterocycles. The van der Waals surface area contributed by atoms with Crippen LogP contribution in [0.1, 0.15) is 22.4 Å². The van der Waals surface area contributed by atoms with Crippen LogP contribution in [-0.4, -0.2) is 15.8 Å². The summed E-state index contributed by atoms with van der Waals surface area (Å²) in [6.07, 6.45) is -1.95. The number of alkyl halides is 3. The van der Waals surface area contributed by atoms with E-state index in [4.69, 9.17) is 0 Å². The molecule has 0 atom stereocenters. The van der Waals surface area contributed by atoms with Crippen LogP contribution in [-0.2, 0) is 12.7 Å². The number of nitrogens with zero attached hydrogens (tertiary/aromatic N) is 3. The van der Waals surface area contributed by atoms with Gasteiger partial charge in [-0.05, 0) is 42.8 Å². The highest BCUT2D eigenvalue weighted by Crippen LogP contribution is 2.29. The third-order valence-electron chi connectivity index (χ3n) is 5.00. The lowest BCUT2D eigenvalue weighted by molar-refractivity contribution is -0.137. The van der Waals surface area contributed by atoms with Gasteiger partial charge in [-0.15, -0.1) is 0 Å². The molecule has 2 heterocycles. The van der Waals surface area contributed by atoms with Crippen molar-refractivity contribution in [1.29, 1.82) is 0 Å². The molecule has 0 amide bonds. The van der Waals surface area contributed by atoms with E-state index in [1.807, 2.05) is 37.3 Å².